The molecule has 0 fully saturated rings. The maximum absolute atomic E-state index is 7.32. The van der Waals surface area contributed by atoms with Crippen LogP contribution in [0.15, 0.2) is 0 Å². The fourth-order valence-corrected chi connectivity index (χ4v) is 0. The Kier molecular flexibility index (Phi) is 135. The third-order valence-electron chi connectivity index (χ3n) is 0. The maximum Gasteiger partial charge on any atom is 1.00 e. The summed E-state index contributed by atoms with van der Waals surface area (Å²) in [6, 6.07) is 1.75. The van der Waals surface area contributed by atoms with Crippen molar-refractivity contribution in [2.45, 2.75) is 6.92 Å². The molecule has 0 bridgehead atoms. The molecule has 0 radical (unpaired) electrons. The van der Waals surface area contributed by atoms with Crippen LogP contribution in [-0.2, 0) is 0 Å². The molecule has 0 saturated heterocycles. The van der Waals surface area contributed by atoms with Crippen LogP contribution in [0, 0.1) is 11.3 Å². The molecule has 0 atom stereocenters. The molecule has 0 unspecified atom stereocenters. The van der Waals surface area contributed by atoms with Crippen LogP contribution in [0.3, 0.4) is 0 Å². The van der Waals surface area contributed by atoms with Crippen LogP contribution < -0.4 is 18.9 Å². The second-order valence-electron chi connectivity index (χ2n) is 0.224. The van der Waals surface area contributed by atoms with Crippen molar-refractivity contribution in [1.29, 1.82) is 5.26 Å². The Balaban J connectivity index is -0.0000000200. The zero-order valence-electron chi connectivity index (χ0n) is 3.39. The van der Waals surface area contributed by atoms with Crippen LogP contribution >= 0.6 is 0 Å². The van der Waals surface area contributed by atoms with Gasteiger partial charge in [-0.3, -0.25) is 0 Å². The SMILES string of the molecule is CC#N.[Li+].[OH-]. The zero-order chi connectivity index (χ0) is 2.71. The van der Waals surface area contributed by atoms with Crippen LogP contribution in [0.2, 0.25) is 0 Å². The first-order chi connectivity index (χ1) is 1.41. The van der Waals surface area contributed by atoms with Crippen molar-refractivity contribution in [2.75, 3.05) is 0 Å². The largest absolute Gasteiger partial charge is 1.00 e. The van der Waals surface area contributed by atoms with Crippen molar-refractivity contribution in [3.63, 3.8) is 0 Å². The van der Waals surface area contributed by atoms with Gasteiger partial charge < -0.3 is 5.48 Å². The molecular weight excluding hydrogens is 61.0 g/mol. The molecule has 2 nitrogen and oxygen atoms in total. The normalized spacial score (nSPS) is 1.60. The number of nitriles is 1. The number of hydrogen-bond donors (Lipinski definition) is 0. The monoisotopic (exact) mass is 65.0 g/mol. The van der Waals surface area contributed by atoms with E-state index in [4.69, 9.17) is 5.26 Å². The van der Waals surface area contributed by atoms with Gasteiger partial charge in [-0.15, -0.1) is 0 Å². The van der Waals surface area contributed by atoms with Crippen molar-refractivity contribution in [3.8, 4) is 6.07 Å². The van der Waals surface area contributed by atoms with Gasteiger partial charge in [-0.05, 0) is 0 Å². The molecule has 0 aromatic heterocycles. The molecule has 0 aromatic carbocycles. The molecule has 0 aromatic rings. The van der Waals surface area contributed by atoms with Gasteiger partial charge in [-0.25, -0.2) is 0 Å². The Morgan fingerprint density at radius 1 is 1.60 bits per heavy atom. The minimum atomic E-state index is 0. The number of nitrogens with zero attached hydrogens (tertiary/aromatic N) is 1. The summed E-state index contributed by atoms with van der Waals surface area (Å²) in [6.07, 6.45) is 0. The Labute approximate surface area is 43.3 Å². The molecule has 0 saturated carbocycles. The van der Waals surface area contributed by atoms with E-state index in [2.05, 4.69) is 0 Å². The predicted molar refractivity (Wildman–Crippen MR) is 13.2 cm³/mol. The first-order valence-corrected chi connectivity index (χ1v) is 0.724. The average Bonchev–Trinajstić information content (AvgIpc) is 0.918. The van der Waals surface area contributed by atoms with Gasteiger partial charge in [0.25, 0.3) is 0 Å². The topological polar surface area (TPSA) is 53.8 Å². The van der Waals surface area contributed by atoms with Crippen molar-refractivity contribution in [3.05, 3.63) is 0 Å². The Hall–Kier alpha value is 0.0474. The first-order valence-electron chi connectivity index (χ1n) is 0.724. The van der Waals surface area contributed by atoms with Crippen LogP contribution in [0.5, 0.6) is 0 Å². The van der Waals surface area contributed by atoms with Gasteiger partial charge >= 0.3 is 18.9 Å². The molecule has 5 heavy (non-hydrogen) atoms. The van der Waals surface area contributed by atoms with Crippen LogP contribution in [-0.4, -0.2) is 5.48 Å². The smallest absolute Gasteiger partial charge is 0.870 e. The van der Waals surface area contributed by atoms with Crippen LogP contribution in [0.1, 0.15) is 6.92 Å². The fourth-order valence-electron chi connectivity index (χ4n) is 0. The minimum Gasteiger partial charge on any atom is -0.870 e. The summed E-state index contributed by atoms with van der Waals surface area (Å²) in [4.78, 5) is 0. The molecule has 0 aliphatic heterocycles. The first kappa shape index (κ1) is 19.7. The van der Waals surface area contributed by atoms with Crippen molar-refractivity contribution < 1.29 is 24.3 Å². The minimum absolute atomic E-state index is 0. The molecule has 0 amide bonds. The maximum atomic E-state index is 7.32. The summed E-state index contributed by atoms with van der Waals surface area (Å²) >= 11 is 0. The molecule has 24 valence electrons. The Morgan fingerprint density at radius 3 is 1.60 bits per heavy atom. The molecule has 0 spiro atoms. The van der Waals surface area contributed by atoms with E-state index in [0.717, 1.165) is 0 Å². The Bertz CT molecular complexity index is 31.1. The van der Waals surface area contributed by atoms with E-state index in [1.54, 1.807) is 6.07 Å². The number of rotatable bonds is 0. The van der Waals surface area contributed by atoms with E-state index < -0.39 is 0 Å². The summed E-state index contributed by atoms with van der Waals surface area (Å²) in [7, 11) is 0. The summed E-state index contributed by atoms with van der Waals surface area (Å²) < 4.78 is 0. The third kappa shape index (κ3) is 7550. The van der Waals surface area contributed by atoms with Gasteiger partial charge in [0, 0.05) is 6.92 Å². The van der Waals surface area contributed by atoms with Gasteiger partial charge in [0.15, 0.2) is 0 Å². The standard InChI is InChI=1S/C2H3N.Li.H2O/c1-2-3;;/h1H3;;1H2/q;+1;/p-1. The van der Waals surface area contributed by atoms with Gasteiger partial charge in [-0.2, -0.15) is 5.26 Å². The van der Waals surface area contributed by atoms with E-state index in [1.165, 1.54) is 6.92 Å². The molecule has 3 heteroatoms. The molecular formula is C2H4LiNO. The molecule has 1 N–H and O–H groups in total. The summed E-state index contributed by atoms with van der Waals surface area (Å²) in [6.45, 7) is 1.43. The van der Waals surface area contributed by atoms with Crippen molar-refractivity contribution in [1.82, 2.24) is 0 Å². The molecule has 0 rings (SSSR count). The van der Waals surface area contributed by atoms with Crippen LogP contribution in [0.25, 0.3) is 0 Å². The second-order valence-corrected chi connectivity index (χ2v) is 0.224. The number of hydrogen-bond acceptors (Lipinski definition) is 2. The van der Waals surface area contributed by atoms with Gasteiger partial charge in [-0.1, -0.05) is 0 Å². The predicted octanol–water partition coefficient (Wildman–Crippen LogP) is -2.64. The molecule has 0 aliphatic carbocycles. The molecule has 0 aliphatic rings. The van der Waals surface area contributed by atoms with E-state index in [1.807, 2.05) is 0 Å². The van der Waals surface area contributed by atoms with Gasteiger partial charge in [0.05, 0.1) is 6.07 Å². The fraction of sp³-hybridized carbons (Fsp3) is 0.500. The third-order valence-corrected chi connectivity index (χ3v) is 0. The van der Waals surface area contributed by atoms with Crippen molar-refractivity contribution in [2.24, 2.45) is 0 Å². The Morgan fingerprint density at radius 2 is 1.60 bits per heavy atom. The second kappa shape index (κ2) is 34.3. The van der Waals surface area contributed by atoms with E-state index in [0.29, 0.717) is 0 Å². The summed E-state index contributed by atoms with van der Waals surface area (Å²) in [5.74, 6) is 0. The summed E-state index contributed by atoms with van der Waals surface area (Å²) in [5.41, 5.74) is 0. The van der Waals surface area contributed by atoms with Gasteiger partial charge in [0.1, 0.15) is 0 Å². The quantitative estimate of drug-likeness (QED) is 0.289. The van der Waals surface area contributed by atoms with Crippen molar-refractivity contribution >= 4 is 0 Å². The van der Waals surface area contributed by atoms with E-state index >= 15 is 0 Å². The van der Waals surface area contributed by atoms with Crippen LogP contribution in [0.4, 0.5) is 0 Å². The van der Waals surface area contributed by atoms with Gasteiger partial charge in [0.2, 0.25) is 0 Å². The molecule has 0 heterocycles. The van der Waals surface area contributed by atoms with E-state index in [-0.39, 0.29) is 24.3 Å². The summed E-state index contributed by atoms with van der Waals surface area (Å²) in [5, 5.41) is 7.32. The zero-order valence-corrected chi connectivity index (χ0v) is 3.39. The average molecular weight is 65.0 g/mol. The van der Waals surface area contributed by atoms with E-state index in [9.17, 15) is 0 Å².